The Kier molecular flexibility index (Phi) is 7.31. The van der Waals surface area contributed by atoms with E-state index in [1.807, 2.05) is 17.7 Å². The number of anilines is 1. The summed E-state index contributed by atoms with van der Waals surface area (Å²) < 4.78 is 13.5. The molecule has 0 bridgehead atoms. The summed E-state index contributed by atoms with van der Waals surface area (Å²) >= 11 is 0. The molecule has 0 spiro atoms. The molecule has 2 heterocycles. The maximum atomic E-state index is 11.9. The van der Waals surface area contributed by atoms with Crippen molar-refractivity contribution in [2.75, 3.05) is 38.3 Å². The maximum Gasteiger partial charge on any atom is 0.293 e. The third-order valence-electron chi connectivity index (χ3n) is 7.18. The van der Waals surface area contributed by atoms with E-state index in [1.165, 1.54) is 0 Å². The largest absolute Gasteiger partial charge is 0.417 e. The fourth-order valence-electron chi connectivity index (χ4n) is 3.99. The van der Waals surface area contributed by atoms with Crippen molar-refractivity contribution in [1.82, 2.24) is 9.78 Å². The van der Waals surface area contributed by atoms with Gasteiger partial charge >= 0.3 is 0 Å². The number of hydrogen-bond acceptors (Lipinski definition) is 6. The third kappa shape index (κ3) is 5.15. The number of nitrogens with zero attached hydrogens (tertiary/aromatic N) is 4. The molecule has 0 aliphatic carbocycles. The average Bonchev–Trinajstić information content (AvgIpc) is 3.04. The van der Waals surface area contributed by atoms with Crippen molar-refractivity contribution in [3.8, 4) is 0 Å². The Morgan fingerprint density at radius 2 is 1.91 bits per heavy atom. The lowest BCUT2D eigenvalue weighted by Gasteiger charge is -2.39. The van der Waals surface area contributed by atoms with Crippen LogP contribution in [0.15, 0.2) is 12.1 Å². The van der Waals surface area contributed by atoms with Gasteiger partial charge in [-0.25, -0.2) is 0 Å². The van der Waals surface area contributed by atoms with Gasteiger partial charge in [-0.05, 0) is 49.9 Å². The molecule has 1 aliphatic heterocycles. The van der Waals surface area contributed by atoms with Crippen LogP contribution in [-0.2, 0) is 15.7 Å². The molecular weight excluding hydrogens is 424 g/mol. The molecule has 0 saturated carbocycles. The Hall–Kier alpha value is -1.97. The van der Waals surface area contributed by atoms with Gasteiger partial charge in [-0.3, -0.25) is 14.8 Å². The number of ether oxygens (including phenoxy) is 1. The first-order chi connectivity index (χ1) is 14.9. The van der Waals surface area contributed by atoms with Crippen LogP contribution in [0.1, 0.15) is 39.3 Å². The second kappa shape index (κ2) is 9.49. The summed E-state index contributed by atoms with van der Waals surface area (Å²) in [4.78, 5) is 13.8. The lowest BCUT2D eigenvalue weighted by atomic mass is 9.97. The van der Waals surface area contributed by atoms with E-state index in [4.69, 9.17) is 9.16 Å². The highest BCUT2D eigenvalue weighted by molar-refractivity contribution is 6.74. The molecule has 1 aromatic heterocycles. The monoisotopic (exact) mass is 462 g/mol. The van der Waals surface area contributed by atoms with E-state index in [-0.39, 0.29) is 15.6 Å². The molecule has 1 fully saturated rings. The molecule has 2 aromatic rings. The Balaban J connectivity index is 1.78. The van der Waals surface area contributed by atoms with Gasteiger partial charge in [-0.1, -0.05) is 20.8 Å². The van der Waals surface area contributed by atoms with Crippen LogP contribution in [0.4, 0.5) is 11.4 Å². The van der Waals surface area contributed by atoms with Gasteiger partial charge in [0.2, 0.25) is 0 Å². The van der Waals surface area contributed by atoms with Crippen LogP contribution in [0.3, 0.4) is 0 Å². The Bertz CT molecular complexity index is 959. The number of aromatic nitrogens is 2. The average molecular weight is 463 g/mol. The fourth-order valence-corrected chi connectivity index (χ4v) is 5.07. The fraction of sp³-hybridized carbons (Fsp3) is 0.696. The van der Waals surface area contributed by atoms with Crippen molar-refractivity contribution >= 4 is 30.6 Å². The summed E-state index contributed by atoms with van der Waals surface area (Å²) in [7, 11) is -0.102. The van der Waals surface area contributed by atoms with Crippen LogP contribution in [0.2, 0.25) is 18.1 Å². The first-order valence-electron chi connectivity index (χ1n) is 11.5. The van der Waals surface area contributed by atoms with Crippen molar-refractivity contribution in [2.45, 2.75) is 65.2 Å². The minimum atomic E-state index is -1.76. The van der Waals surface area contributed by atoms with Gasteiger partial charge in [0, 0.05) is 38.3 Å². The molecular formula is C23H38N4O4Si. The molecule has 0 atom stereocenters. The van der Waals surface area contributed by atoms with Gasteiger partial charge in [0.1, 0.15) is 5.69 Å². The van der Waals surface area contributed by atoms with Crippen LogP contribution in [0, 0.1) is 23.0 Å². The lowest BCUT2D eigenvalue weighted by Crippen LogP contribution is -2.43. The summed E-state index contributed by atoms with van der Waals surface area (Å²) in [5.74, 6) is 0.498. The number of piperidine rings is 1. The highest BCUT2D eigenvalue weighted by Gasteiger charge is 2.38. The summed E-state index contributed by atoms with van der Waals surface area (Å²) in [6.45, 7) is 16.8. The number of benzene rings is 1. The molecule has 1 aliphatic rings. The molecule has 178 valence electrons. The smallest absolute Gasteiger partial charge is 0.293 e. The molecule has 1 saturated heterocycles. The summed E-state index contributed by atoms with van der Waals surface area (Å²) in [6, 6.07) is 3.62. The highest BCUT2D eigenvalue weighted by atomic mass is 28.4. The van der Waals surface area contributed by atoms with Crippen molar-refractivity contribution in [1.29, 1.82) is 0 Å². The van der Waals surface area contributed by atoms with Crippen LogP contribution in [0.5, 0.6) is 0 Å². The first-order valence-corrected chi connectivity index (χ1v) is 14.4. The van der Waals surface area contributed by atoms with Crippen molar-refractivity contribution < 1.29 is 14.1 Å². The van der Waals surface area contributed by atoms with E-state index in [0.717, 1.165) is 49.1 Å². The van der Waals surface area contributed by atoms with Crippen molar-refractivity contribution in [3.63, 3.8) is 0 Å². The van der Waals surface area contributed by atoms with Crippen LogP contribution in [-0.4, -0.2) is 56.4 Å². The topological polar surface area (TPSA) is 82.7 Å². The van der Waals surface area contributed by atoms with Gasteiger partial charge in [0.25, 0.3) is 5.69 Å². The summed E-state index contributed by atoms with van der Waals surface area (Å²) in [5.41, 5.74) is 2.56. The zero-order chi connectivity index (χ0) is 23.7. The van der Waals surface area contributed by atoms with E-state index in [0.29, 0.717) is 24.8 Å². The van der Waals surface area contributed by atoms with Crippen molar-refractivity contribution in [2.24, 2.45) is 5.92 Å². The predicted octanol–water partition coefficient (Wildman–Crippen LogP) is 5.14. The first kappa shape index (κ1) is 24.7. The third-order valence-corrected chi connectivity index (χ3v) is 11.7. The SMILES string of the molecule is COCCn1nc(C)c2cc([N+](=O)[O-])c(N3CCC(CO[Si](C)(C)C(C)(C)C)CC3)cc21. The number of nitro groups is 1. The van der Waals surface area contributed by atoms with E-state index in [2.05, 4.69) is 43.9 Å². The zero-order valence-corrected chi connectivity index (χ0v) is 21.6. The number of aryl methyl sites for hydroxylation is 1. The molecule has 9 heteroatoms. The van der Waals surface area contributed by atoms with E-state index in [1.54, 1.807) is 13.2 Å². The Labute approximate surface area is 192 Å². The molecule has 8 nitrogen and oxygen atoms in total. The van der Waals surface area contributed by atoms with Gasteiger partial charge in [0.05, 0.1) is 29.3 Å². The quantitative estimate of drug-likeness (QED) is 0.307. The van der Waals surface area contributed by atoms with Gasteiger partial charge in [-0.2, -0.15) is 5.10 Å². The second-order valence-electron chi connectivity index (χ2n) is 10.4. The normalized spacial score (nSPS) is 16.2. The molecule has 32 heavy (non-hydrogen) atoms. The molecule has 0 unspecified atom stereocenters. The van der Waals surface area contributed by atoms with Gasteiger partial charge < -0.3 is 14.1 Å². The predicted molar refractivity (Wildman–Crippen MR) is 131 cm³/mol. The van der Waals surface area contributed by atoms with Gasteiger partial charge in [0.15, 0.2) is 8.32 Å². The molecule has 0 radical (unpaired) electrons. The standard InChI is InChI=1S/C23H38N4O4Si/c1-17-19-14-22(27(28)29)21(15-20(19)26(24-17)12-13-30-5)25-10-8-18(9-11-25)16-31-32(6,7)23(2,3)4/h14-15,18H,8-13,16H2,1-7H3. The molecule has 3 rings (SSSR count). The number of methoxy groups -OCH3 is 1. The van der Waals surface area contributed by atoms with Crippen LogP contribution < -0.4 is 4.90 Å². The van der Waals surface area contributed by atoms with Crippen LogP contribution in [0.25, 0.3) is 10.9 Å². The highest BCUT2D eigenvalue weighted by Crippen LogP contribution is 2.39. The minimum absolute atomic E-state index is 0.155. The number of rotatable bonds is 8. The molecule has 1 aromatic carbocycles. The lowest BCUT2D eigenvalue weighted by molar-refractivity contribution is -0.384. The second-order valence-corrected chi connectivity index (χ2v) is 15.2. The van der Waals surface area contributed by atoms with Crippen LogP contribution >= 0.6 is 0 Å². The minimum Gasteiger partial charge on any atom is -0.417 e. The van der Waals surface area contributed by atoms with E-state index >= 15 is 0 Å². The Morgan fingerprint density at radius 1 is 1.25 bits per heavy atom. The molecule has 0 amide bonds. The molecule has 0 N–H and O–H groups in total. The van der Waals surface area contributed by atoms with E-state index in [9.17, 15) is 10.1 Å². The summed E-state index contributed by atoms with van der Waals surface area (Å²) in [6.07, 6.45) is 1.96. The van der Waals surface area contributed by atoms with Gasteiger partial charge in [-0.15, -0.1) is 0 Å². The van der Waals surface area contributed by atoms with Crippen molar-refractivity contribution in [3.05, 3.63) is 27.9 Å². The Morgan fingerprint density at radius 3 is 2.47 bits per heavy atom. The zero-order valence-electron chi connectivity index (χ0n) is 20.6. The van der Waals surface area contributed by atoms with E-state index < -0.39 is 8.32 Å². The summed E-state index contributed by atoms with van der Waals surface area (Å²) in [5, 5.41) is 17.5. The number of hydrogen-bond donors (Lipinski definition) is 0. The number of nitro benzene ring substituents is 1. The maximum absolute atomic E-state index is 11.9. The number of fused-ring (bicyclic) bond motifs is 1.